The number of nitro groups is 1. The lowest BCUT2D eigenvalue weighted by Crippen LogP contribution is -2.37. The molecule has 2 heterocycles. The number of thioether (sulfide) groups is 1. The molecule has 1 aromatic heterocycles. The summed E-state index contributed by atoms with van der Waals surface area (Å²) in [4.78, 5) is 16.9. The number of hydrogen-bond donors (Lipinski definition) is 1. The largest absolute Gasteiger partial charge is 0.464 e. The highest BCUT2D eigenvalue weighted by atomic mass is 32.2. The minimum atomic E-state index is -0.650. The Kier molecular flexibility index (Phi) is 6.91. The van der Waals surface area contributed by atoms with Crippen LogP contribution in [0, 0.1) is 10.1 Å². The van der Waals surface area contributed by atoms with Gasteiger partial charge in [-0.2, -0.15) is 11.8 Å². The van der Waals surface area contributed by atoms with Crippen LogP contribution in [0.3, 0.4) is 0 Å². The molecule has 0 fully saturated rings. The van der Waals surface area contributed by atoms with Crippen molar-refractivity contribution in [3.63, 3.8) is 0 Å². The van der Waals surface area contributed by atoms with Gasteiger partial charge in [0.2, 0.25) is 0 Å². The van der Waals surface area contributed by atoms with Crippen LogP contribution in [-0.4, -0.2) is 54.1 Å². The van der Waals surface area contributed by atoms with Crippen molar-refractivity contribution in [3.8, 4) is 0 Å². The molecule has 0 spiro atoms. The molecule has 7 nitrogen and oxygen atoms in total. The predicted molar refractivity (Wildman–Crippen MR) is 92.6 cm³/mol. The summed E-state index contributed by atoms with van der Waals surface area (Å²) in [6.07, 6.45) is 0.504. The SMILES string of the molecule is CCN(C)Cc1ccc(CSCCNC2=NCCC2[N+](=O)[O-])o1. The number of nitrogens with one attached hydrogen (secondary N) is 1. The van der Waals surface area contributed by atoms with Crippen molar-refractivity contribution in [2.75, 3.05) is 32.4 Å². The van der Waals surface area contributed by atoms with Crippen molar-refractivity contribution < 1.29 is 9.34 Å². The summed E-state index contributed by atoms with van der Waals surface area (Å²) >= 11 is 1.74. The average molecular weight is 340 g/mol. The minimum Gasteiger partial charge on any atom is -0.464 e. The normalized spacial score (nSPS) is 17.5. The van der Waals surface area contributed by atoms with E-state index in [2.05, 4.69) is 29.2 Å². The molecular weight excluding hydrogens is 316 g/mol. The summed E-state index contributed by atoms with van der Waals surface area (Å²) in [6.45, 7) is 5.16. The van der Waals surface area contributed by atoms with E-state index in [9.17, 15) is 10.1 Å². The maximum Gasteiger partial charge on any atom is 0.270 e. The number of furan rings is 1. The lowest BCUT2D eigenvalue weighted by atomic mass is 10.2. The Balaban J connectivity index is 1.63. The summed E-state index contributed by atoms with van der Waals surface area (Å²) < 4.78 is 5.79. The Morgan fingerprint density at radius 2 is 2.30 bits per heavy atom. The van der Waals surface area contributed by atoms with Gasteiger partial charge in [0.15, 0.2) is 5.84 Å². The molecule has 0 bridgehead atoms. The van der Waals surface area contributed by atoms with E-state index in [0.29, 0.717) is 25.3 Å². The van der Waals surface area contributed by atoms with Gasteiger partial charge in [0.25, 0.3) is 6.04 Å². The molecule has 1 aliphatic rings. The van der Waals surface area contributed by atoms with E-state index in [1.807, 2.05) is 12.1 Å². The summed E-state index contributed by atoms with van der Waals surface area (Å²) in [6, 6.07) is 3.39. The van der Waals surface area contributed by atoms with Crippen LogP contribution in [0.15, 0.2) is 21.5 Å². The molecule has 1 N–H and O–H groups in total. The van der Waals surface area contributed by atoms with Crippen LogP contribution >= 0.6 is 11.8 Å². The summed E-state index contributed by atoms with van der Waals surface area (Å²) in [7, 11) is 2.06. The van der Waals surface area contributed by atoms with Crippen molar-refractivity contribution in [3.05, 3.63) is 33.8 Å². The zero-order valence-corrected chi connectivity index (χ0v) is 14.5. The van der Waals surface area contributed by atoms with Gasteiger partial charge in [-0.15, -0.1) is 0 Å². The molecule has 1 aromatic rings. The molecule has 0 saturated heterocycles. The Hall–Kier alpha value is -1.54. The first kappa shape index (κ1) is 17.8. The number of hydrogen-bond acceptors (Lipinski definition) is 7. The fourth-order valence-corrected chi connectivity index (χ4v) is 3.06. The van der Waals surface area contributed by atoms with Gasteiger partial charge in [0, 0.05) is 30.2 Å². The maximum absolute atomic E-state index is 10.8. The van der Waals surface area contributed by atoms with Crippen LogP contribution < -0.4 is 5.32 Å². The average Bonchev–Trinajstić information content (AvgIpc) is 3.16. The number of nitrogens with zero attached hydrogens (tertiary/aromatic N) is 3. The molecule has 0 aromatic carbocycles. The molecule has 0 amide bonds. The van der Waals surface area contributed by atoms with E-state index in [-0.39, 0.29) is 4.92 Å². The molecule has 23 heavy (non-hydrogen) atoms. The van der Waals surface area contributed by atoms with Gasteiger partial charge < -0.3 is 9.73 Å². The second kappa shape index (κ2) is 8.93. The van der Waals surface area contributed by atoms with Crippen LogP contribution in [-0.2, 0) is 12.3 Å². The Labute approximate surface area is 140 Å². The van der Waals surface area contributed by atoms with E-state index in [4.69, 9.17) is 4.42 Å². The van der Waals surface area contributed by atoms with Gasteiger partial charge in [-0.3, -0.25) is 20.0 Å². The van der Waals surface area contributed by atoms with Crippen molar-refractivity contribution >= 4 is 17.6 Å². The highest BCUT2D eigenvalue weighted by Gasteiger charge is 2.30. The number of aliphatic imine (C=N–C) groups is 1. The lowest BCUT2D eigenvalue weighted by Gasteiger charge is -2.10. The molecule has 0 saturated carbocycles. The molecule has 2 rings (SSSR count). The van der Waals surface area contributed by atoms with Gasteiger partial charge >= 0.3 is 0 Å². The van der Waals surface area contributed by atoms with Gasteiger partial charge in [0.05, 0.1) is 12.3 Å². The Morgan fingerprint density at radius 1 is 1.52 bits per heavy atom. The molecule has 0 radical (unpaired) electrons. The zero-order chi connectivity index (χ0) is 16.7. The van der Waals surface area contributed by atoms with E-state index < -0.39 is 6.04 Å². The van der Waals surface area contributed by atoms with Gasteiger partial charge in [-0.05, 0) is 25.7 Å². The Morgan fingerprint density at radius 3 is 3.04 bits per heavy atom. The van der Waals surface area contributed by atoms with E-state index >= 15 is 0 Å². The minimum absolute atomic E-state index is 0.260. The second-order valence-electron chi connectivity index (χ2n) is 5.53. The summed E-state index contributed by atoms with van der Waals surface area (Å²) in [5.41, 5.74) is 0. The predicted octanol–water partition coefficient (Wildman–Crippen LogP) is 2.00. The molecular formula is C15H24N4O3S. The highest BCUT2D eigenvalue weighted by Crippen LogP contribution is 2.16. The molecule has 0 aliphatic carbocycles. The van der Waals surface area contributed by atoms with Crippen molar-refractivity contribution in [1.82, 2.24) is 10.2 Å². The first-order valence-corrected chi connectivity index (χ1v) is 9.01. The first-order chi connectivity index (χ1) is 11.1. The number of rotatable bonds is 9. The van der Waals surface area contributed by atoms with Crippen LogP contribution in [0.2, 0.25) is 0 Å². The van der Waals surface area contributed by atoms with E-state index in [1.165, 1.54) is 0 Å². The molecule has 1 atom stereocenters. The van der Waals surface area contributed by atoms with Gasteiger partial charge in [-0.25, -0.2) is 0 Å². The molecule has 8 heteroatoms. The first-order valence-electron chi connectivity index (χ1n) is 7.85. The topological polar surface area (TPSA) is 83.9 Å². The third kappa shape index (κ3) is 5.54. The molecule has 1 unspecified atom stereocenters. The second-order valence-corrected chi connectivity index (χ2v) is 6.64. The van der Waals surface area contributed by atoms with Gasteiger partial charge in [-0.1, -0.05) is 6.92 Å². The van der Waals surface area contributed by atoms with Gasteiger partial charge in [0.1, 0.15) is 11.5 Å². The number of amidine groups is 1. The van der Waals surface area contributed by atoms with Crippen molar-refractivity contribution in [1.29, 1.82) is 0 Å². The van der Waals surface area contributed by atoms with Crippen molar-refractivity contribution in [2.45, 2.75) is 31.7 Å². The van der Waals surface area contributed by atoms with Crippen molar-refractivity contribution in [2.24, 2.45) is 4.99 Å². The fraction of sp³-hybridized carbons (Fsp3) is 0.667. The monoisotopic (exact) mass is 340 g/mol. The highest BCUT2D eigenvalue weighted by molar-refractivity contribution is 7.98. The van der Waals surface area contributed by atoms with Crippen LogP contribution in [0.4, 0.5) is 0 Å². The molecule has 128 valence electrons. The summed E-state index contributed by atoms with van der Waals surface area (Å²) in [5, 5.41) is 13.9. The zero-order valence-electron chi connectivity index (χ0n) is 13.7. The van der Waals surface area contributed by atoms with Crippen LogP contribution in [0.25, 0.3) is 0 Å². The lowest BCUT2D eigenvalue weighted by molar-refractivity contribution is -0.502. The Bertz CT molecular complexity index is 547. The third-order valence-electron chi connectivity index (χ3n) is 3.73. The summed E-state index contributed by atoms with van der Waals surface area (Å²) in [5.74, 6) is 4.14. The van der Waals surface area contributed by atoms with Crippen LogP contribution in [0.1, 0.15) is 24.9 Å². The fourth-order valence-electron chi connectivity index (χ4n) is 2.32. The standard InChI is InChI=1S/C15H24N4O3S/c1-3-18(2)10-12-4-5-13(22-12)11-23-9-8-17-15-14(19(20)21)6-7-16-15/h4-5,14H,3,6-11H2,1-2H3,(H,16,17). The smallest absolute Gasteiger partial charge is 0.270 e. The quantitative estimate of drug-likeness (QED) is 0.420. The maximum atomic E-state index is 10.8. The van der Waals surface area contributed by atoms with Crippen LogP contribution in [0.5, 0.6) is 0 Å². The molecule has 1 aliphatic heterocycles. The van der Waals surface area contributed by atoms with E-state index in [0.717, 1.165) is 36.1 Å². The van der Waals surface area contributed by atoms with E-state index in [1.54, 1.807) is 11.8 Å². The third-order valence-corrected chi connectivity index (χ3v) is 4.72.